The SMILES string of the molecule is CC(C)CC(F)(F)CCF. The molecular weight excluding hydrogens is 141 g/mol. The average molecular weight is 154 g/mol. The van der Waals surface area contributed by atoms with Crippen LogP contribution in [0.5, 0.6) is 0 Å². The molecule has 0 aliphatic rings. The van der Waals surface area contributed by atoms with Crippen molar-refractivity contribution < 1.29 is 13.2 Å². The highest BCUT2D eigenvalue weighted by Crippen LogP contribution is 2.26. The second kappa shape index (κ2) is 3.84. The molecule has 0 rings (SSSR count). The first-order chi connectivity index (χ1) is 4.48. The molecule has 0 heterocycles. The van der Waals surface area contributed by atoms with E-state index in [2.05, 4.69) is 0 Å². The number of hydrogen-bond donors (Lipinski definition) is 0. The summed E-state index contributed by atoms with van der Waals surface area (Å²) in [6.07, 6.45) is -0.845. The van der Waals surface area contributed by atoms with Crippen LogP contribution in [0.1, 0.15) is 26.7 Å². The van der Waals surface area contributed by atoms with Crippen molar-refractivity contribution in [3.8, 4) is 0 Å². The van der Waals surface area contributed by atoms with Crippen LogP contribution in [0.15, 0.2) is 0 Å². The minimum atomic E-state index is -2.80. The van der Waals surface area contributed by atoms with Gasteiger partial charge in [-0.3, -0.25) is 4.39 Å². The molecule has 0 aromatic rings. The molecule has 0 atom stereocenters. The molecule has 10 heavy (non-hydrogen) atoms. The molecule has 0 N–H and O–H groups in total. The van der Waals surface area contributed by atoms with Gasteiger partial charge in [0, 0.05) is 12.8 Å². The predicted octanol–water partition coefficient (Wildman–Crippen LogP) is 3.03. The van der Waals surface area contributed by atoms with Crippen LogP contribution in [0.3, 0.4) is 0 Å². The van der Waals surface area contributed by atoms with E-state index in [1.54, 1.807) is 13.8 Å². The topological polar surface area (TPSA) is 0 Å². The maximum atomic E-state index is 12.4. The van der Waals surface area contributed by atoms with E-state index in [4.69, 9.17) is 0 Å². The highest BCUT2D eigenvalue weighted by Gasteiger charge is 2.28. The first-order valence-electron chi connectivity index (χ1n) is 3.42. The van der Waals surface area contributed by atoms with Gasteiger partial charge in [0.2, 0.25) is 0 Å². The predicted molar refractivity (Wildman–Crippen MR) is 35.0 cm³/mol. The summed E-state index contributed by atoms with van der Waals surface area (Å²) in [6.45, 7) is 2.47. The molecule has 62 valence electrons. The Bertz CT molecular complexity index is 88.9. The molecule has 0 saturated carbocycles. The average Bonchev–Trinajstić information content (AvgIpc) is 1.59. The van der Waals surface area contributed by atoms with Crippen molar-refractivity contribution >= 4 is 0 Å². The van der Waals surface area contributed by atoms with Crippen molar-refractivity contribution in [2.75, 3.05) is 6.67 Å². The van der Waals surface area contributed by atoms with Gasteiger partial charge in [-0.05, 0) is 5.92 Å². The van der Waals surface area contributed by atoms with Gasteiger partial charge in [-0.2, -0.15) is 0 Å². The first kappa shape index (κ1) is 9.79. The van der Waals surface area contributed by atoms with Crippen molar-refractivity contribution in [2.45, 2.75) is 32.6 Å². The molecule has 0 amide bonds. The lowest BCUT2D eigenvalue weighted by molar-refractivity contribution is -0.0316. The Kier molecular flexibility index (Phi) is 3.76. The summed E-state index contributed by atoms with van der Waals surface area (Å²) in [7, 11) is 0. The summed E-state index contributed by atoms with van der Waals surface area (Å²) in [5.74, 6) is -2.87. The van der Waals surface area contributed by atoms with E-state index in [0.29, 0.717) is 0 Å². The van der Waals surface area contributed by atoms with E-state index in [1.807, 2.05) is 0 Å². The van der Waals surface area contributed by atoms with E-state index < -0.39 is 19.0 Å². The van der Waals surface area contributed by atoms with Gasteiger partial charge in [-0.1, -0.05) is 13.8 Å². The highest BCUT2D eigenvalue weighted by atomic mass is 19.3. The quantitative estimate of drug-likeness (QED) is 0.583. The monoisotopic (exact) mass is 154 g/mol. The molecule has 0 fully saturated rings. The molecule has 0 aliphatic heterocycles. The molecule has 0 aromatic heterocycles. The van der Waals surface area contributed by atoms with Gasteiger partial charge in [0.25, 0.3) is 5.92 Å². The van der Waals surface area contributed by atoms with E-state index in [9.17, 15) is 13.2 Å². The Hall–Kier alpha value is -0.210. The van der Waals surface area contributed by atoms with Gasteiger partial charge in [0.15, 0.2) is 0 Å². The molecule has 0 aromatic carbocycles. The Balaban J connectivity index is 3.63. The zero-order chi connectivity index (χ0) is 8.20. The summed E-state index contributed by atoms with van der Waals surface area (Å²) in [6, 6.07) is 0. The van der Waals surface area contributed by atoms with Crippen molar-refractivity contribution in [3.63, 3.8) is 0 Å². The lowest BCUT2D eigenvalue weighted by Crippen LogP contribution is -2.19. The van der Waals surface area contributed by atoms with Crippen LogP contribution in [0.2, 0.25) is 0 Å². The van der Waals surface area contributed by atoms with Crippen LogP contribution in [0.25, 0.3) is 0 Å². The van der Waals surface area contributed by atoms with Crippen LogP contribution in [-0.4, -0.2) is 12.6 Å². The third-order valence-corrected chi connectivity index (χ3v) is 1.17. The van der Waals surface area contributed by atoms with Gasteiger partial charge in [-0.15, -0.1) is 0 Å². The summed E-state index contributed by atoms with van der Waals surface area (Å²) in [4.78, 5) is 0. The summed E-state index contributed by atoms with van der Waals surface area (Å²) >= 11 is 0. The van der Waals surface area contributed by atoms with Crippen LogP contribution in [-0.2, 0) is 0 Å². The van der Waals surface area contributed by atoms with Crippen molar-refractivity contribution in [3.05, 3.63) is 0 Å². The van der Waals surface area contributed by atoms with Crippen LogP contribution < -0.4 is 0 Å². The summed E-state index contributed by atoms with van der Waals surface area (Å²) in [5.41, 5.74) is 0. The van der Waals surface area contributed by atoms with E-state index >= 15 is 0 Å². The van der Waals surface area contributed by atoms with Crippen LogP contribution >= 0.6 is 0 Å². The minimum absolute atomic E-state index is 0.0680. The number of hydrogen-bond acceptors (Lipinski definition) is 0. The van der Waals surface area contributed by atoms with Crippen molar-refractivity contribution in [1.29, 1.82) is 0 Å². The molecular formula is C7H13F3. The fourth-order valence-corrected chi connectivity index (χ4v) is 0.838. The molecule has 3 heteroatoms. The standard InChI is InChI=1S/C7H13F3/c1-6(2)5-7(9,10)3-4-8/h6H,3-5H2,1-2H3. The molecule has 0 unspecified atom stereocenters. The van der Waals surface area contributed by atoms with E-state index in [-0.39, 0.29) is 12.3 Å². The zero-order valence-corrected chi connectivity index (χ0v) is 6.33. The van der Waals surface area contributed by atoms with E-state index in [0.717, 1.165) is 0 Å². The number of alkyl halides is 3. The second-order valence-corrected chi connectivity index (χ2v) is 2.89. The Morgan fingerprint density at radius 3 is 2.10 bits per heavy atom. The number of halogens is 3. The van der Waals surface area contributed by atoms with Gasteiger partial charge in [-0.25, -0.2) is 8.78 Å². The molecule has 0 spiro atoms. The third kappa shape index (κ3) is 4.65. The molecule has 0 radical (unpaired) electrons. The molecule has 0 nitrogen and oxygen atoms in total. The Labute approximate surface area is 59.4 Å². The van der Waals surface area contributed by atoms with Crippen LogP contribution in [0.4, 0.5) is 13.2 Å². The van der Waals surface area contributed by atoms with Gasteiger partial charge < -0.3 is 0 Å². The fraction of sp³-hybridized carbons (Fsp3) is 1.00. The van der Waals surface area contributed by atoms with Crippen molar-refractivity contribution in [2.24, 2.45) is 5.92 Å². The lowest BCUT2D eigenvalue weighted by Gasteiger charge is -2.16. The summed E-state index contributed by atoms with van der Waals surface area (Å²) < 4.78 is 36.3. The molecule has 0 bridgehead atoms. The molecule has 0 aliphatic carbocycles. The van der Waals surface area contributed by atoms with E-state index in [1.165, 1.54) is 0 Å². The van der Waals surface area contributed by atoms with Gasteiger partial charge >= 0.3 is 0 Å². The fourth-order valence-electron chi connectivity index (χ4n) is 0.838. The maximum Gasteiger partial charge on any atom is 0.250 e. The second-order valence-electron chi connectivity index (χ2n) is 2.89. The van der Waals surface area contributed by atoms with Gasteiger partial charge in [0.05, 0.1) is 6.67 Å². The maximum absolute atomic E-state index is 12.4. The normalized spacial score (nSPS) is 12.6. The minimum Gasteiger partial charge on any atom is -0.251 e. The summed E-state index contributed by atoms with van der Waals surface area (Å²) in [5, 5.41) is 0. The smallest absolute Gasteiger partial charge is 0.250 e. The van der Waals surface area contributed by atoms with Gasteiger partial charge in [0.1, 0.15) is 0 Å². The third-order valence-electron chi connectivity index (χ3n) is 1.17. The Morgan fingerprint density at radius 1 is 1.30 bits per heavy atom. The molecule has 0 saturated heterocycles. The Morgan fingerprint density at radius 2 is 1.80 bits per heavy atom. The largest absolute Gasteiger partial charge is 0.251 e. The number of rotatable bonds is 4. The van der Waals surface area contributed by atoms with Crippen molar-refractivity contribution in [1.82, 2.24) is 0 Å². The lowest BCUT2D eigenvalue weighted by atomic mass is 10.0. The van der Waals surface area contributed by atoms with Crippen LogP contribution in [0, 0.1) is 5.92 Å². The first-order valence-corrected chi connectivity index (χ1v) is 3.42. The highest BCUT2D eigenvalue weighted by molar-refractivity contribution is 4.67. The zero-order valence-electron chi connectivity index (χ0n) is 6.33.